The van der Waals surface area contributed by atoms with Gasteiger partial charge in [-0.25, -0.2) is 0 Å². The summed E-state index contributed by atoms with van der Waals surface area (Å²) in [4.78, 5) is 5.20. The molecule has 2 atom stereocenters. The van der Waals surface area contributed by atoms with Crippen molar-refractivity contribution in [2.45, 2.75) is 44.7 Å². The summed E-state index contributed by atoms with van der Waals surface area (Å²) in [5.74, 6) is 0. The molecule has 1 aliphatic rings. The molecule has 2 rings (SSSR count). The molecule has 2 N–H and O–H groups in total. The van der Waals surface area contributed by atoms with E-state index in [0.717, 1.165) is 19.6 Å². The summed E-state index contributed by atoms with van der Waals surface area (Å²) in [6.07, 6.45) is 1.12. The number of hydrogen-bond acceptors (Lipinski definition) is 4. The molecule has 2 heterocycles. The second kappa shape index (κ2) is 5.92. The fraction of sp³-hybridized carbons (Fsp3) is 0.733. The van der Waals surface area contributed by atoms with Gasteiger partial charge in [-0.2, -0.15) is 0 Å². The van der Waals surface area contributed by atoms with E-state index in [0.29, 0.717) is 18.6 Å². The molecule has 3 nitrogen and oxygen atoms in total. The highest BCUT2D eigenvalue weighted by molar-refractivity contribution is 7.12. The molecule has 1 fully saturated rings. The Balaban J connectivity index is 2.14. The Labute approximate surface area is 120 Å². The van der Waals surface area contributed by atoms with Crippen molar-refractivity contribution < 1.29 is 4.74 Å². The SMILES string of the molecule is CN(C1CCOC1)C(CN)c1ccc(C(C)(C)C)s1. The average molecular weight is 282 g/mol. The fourth-order valence-corrected chi connectivity index (χ4v) is 3.75. The lowest BCUT2D eigenvalue weighted by Gasteiger charge is -2.30. The van der Waals surface area contributed by atoms with Gasteiger partial charge < -0.3 is 10.5 Å². The molecule has 108 valence electrons. The Morgan fingerprint density at radius 2 is 2.21 bits per heavy atom. The predicted molar refractivity (Wildman–Crippen MR) is 81.8 cm³/mol. The van der Waals surface area contributed by atoms with Crippen LogP contribution in [0.2, 0.25) is 0 Å². The van der Waals surface area contributed by atoms with E-state index in [4.69, 9.17) is 10.5 Å². The van der Waals surface area contributed by atoms with Gasteiger partial charge in [0.25, 0.3) is 0 Å². The van der Waals surface area contributed by atoms with E-state index in [9.17, 15) is 0 Å². The normalized spacial score (nSPS) is 22.1. The summed E-state index contributed by atoms with van der Waals surface area (Å²) in [5.41, 5.74) is 6.24. The summed E-state index contributed by atoms with van der Waals surface area (Å²) in [6.45, 7) is 9.16. The molecular formula is C15H26N2OS. The van der Waals surface area contributed by atoms with Crippen LogP contribution in [0.1, 0.15) is 43.0 Å². The van der Waals surface area contributed by atoms with Crippen molar-refractivity contribution >= 4 is 11.3 Å². The third-order valence-corrected chi connectivity index (χ3v) is 5.50. The second-order valence-corrected chi connectivity index (χ2v) is 7.50. The van der Waals surface area contributed by atoms with E-state index >= 15 is 0 Å². The zero-order chi connectivity index (χ0) is 14.0. The Hall–Kier alpha value is -0.420. The molecule has 0 spiro atoms. The highest BCUT2D eigenvalue weighted by atomic mass is 32.1. The van der Waals surface area contributed by atoms with Crippen molar-refractivity contribution in [1.82, 2.24) is 4.90 Å². The number of ether oxygens (including phenoxy) is 1. The maximum absolute atomic E-state index is 6.02. The first-order chi connectivity index (χ1) is 8.93. The molecule has 0 amide bonds. The van der Waals surface area contributed by atoms with Gasteiger partial charge in [0.1, 0.15) is 0 Å². The minimum absolute atomic E-state index is 0.219. The van der Waals surface area contributed by atoms with Gasteiger partial charge in [-0.05, 0) is 31.0 Å². The van der Waals surface area contributed by atoms with Gasteiger partial charge >= 0.3 is 0 Å². The lowest BCUT2D eigenvalue weighted by atomic mass is 9.95. The summed E-state index contributed by atoms with van der Waals surface area (Å²) >= 11 is 1.90. The Bertz CT molecular complexity index is 405. The van der Waals surface area contributed by atoms with Gasteiger partial charge in [0.15, 0.2) is 0 Å². The number of hydrogen-bond donors (Lipinski definition) is 1. The van der Waals surface area contributed by atoms with Crippen LogP contribution in [0, 0.1) is 0 Å². The lowest BCUT2D eigenvalue weighted by Crippen LogP contribution is -2.38. The fourth-order valence-electron chi connectivity index (χ4n) is 2.52. The summed E-state index contributed by atoms with van der Waals surface area (Å²) in [6, 6.07) is 5.32. The van der Waals surface area contributed by atoms with E-state index in [1.165, 1.54) is 9.75 Å². The molecule has 1 aromatic heterocycles. The van der Waals surface area contributed by atoms with Gasteiger partial charge in [0.2, 0.25) is 0 Å². The zero-order valence-electron chi connectivity index (χ0n) is 12.5. The standard InChI is InChI=1S/C15H26N2OS/c1-15(2,3)14-6-5-13(19-14)12(9-16)17(4)11-7-8-18-10-11/h5-6,11-12H,7-10,16H2,1-4H3. The van der Waals surface area contributed by atoms with Crippen LogP contribution in [-0.2, 0) is 10.2 Å². The van der Waals surface area contributed by atoms with Gasteiger partial charge in [-0.1, -0.05) is 20.8 Å². The monoisotopic (exact) mass is 282 g/mol. The smallest absolute Gasteiger partial charge is 0.0622 e. The van der Waals surface area contributed by atoms with E-state index < -0.39 is 0 Å². The summed E-state index contributed by atoms with van der Waals surface area (Å²) < 4.78 is 5.49. The van der Waals surface area contributed by atoms with E-state index in [1.54, 1.807) is 0 Å². The van der Waals surface area contributed by atoms with Crippen molar-refractivity contribution in [1.29, 1.82) is 0 Å². The van der Waals surface area contributed by atoms with Gasteiger partial charge in [-0.15, -0.1) is 11.3 Å². The van der Waals surface area contributed by atoms with Crippen molar-refractivity contribution in [3.63, 3.8) is 0 Å². The Kier molecular flexibility index (Phi) is 4.66. The first-order valence-electron chi connectivity index (χ1n) is 7.03. The summed E-state index contributed by atoms with van der Waals surface area (Å²) in [7, 11) is 2.17. The molecule has 0 bridgehead atoms. The van der Waals surface area contributed by atoms with Crippen molar-refractivity contribution in [3.8, 4) is 0 Å². The highest BCUT2D eigenvalue weighted by Gasteiger charge is 2.28. The van der Waals surface area contributed by atoms with Gasteiger partial charge in [-0.3, -0.25) is 4.90 Å². The molecule has 1 aromatic rings. The molecule has 4 heteroatoms. The molecule has 0 aliphatic carbocycles. The van der Waals surface area contributed by atoms with Crippen molar-refractivity contribution in [2.75, 3.05) is 26.8 Å². The molecule has 0 saturated carbocycles. The van der Waals surface area contributed by atoms with Crippen LogP contribution in [0.25, 0.3) is 0 Å². The minimum Gasteiger partial charge on any atom is -0.380 e. The van der Waals surface area contributed by atoms with Crippen molar-refractivity contribution in [2.24, 2.45) is 5.73 Å². The van der Waals surface area contributed by atoms with Gasteiger partial charge in [0.05, 0.1) is 12.6 Å². The Morgan fingerprint density at radius 1 is 1.47 bits per heavy atom. The van der Waals surface area contributed by atoms with Crippen LogP contribution in [0.3, 0.4) is 0 Å². The quantitative estimate of drug-likeness (QED) is 0.923. The van der Waals surface area contributed by atoms with Crippen LogP contribution in [0.4, 0.5) is 0 Å². The third-order valence-electron chi connectivity index (χ3n) is 3.89. The molecular weight excluding hydrogens is 256 g/mol. The van der Waals surface area contributed by atoms with Crippen molar-refractivity contribution in [3.05, 3.63) is 21.9 Å². The molecule has 0 aromatic carbocycles. The van der Waals surface area contributed by atoms with Gasteiger partial charge in [0, 0.05) is 28.9 Å². The van der Waals surface area contributed by atoms with E-state index in [1.807, 2.05) is 11.3 Å². The number of rotatable bonds is 4. The molecule has 1 saturated heterocycles. The minimum atomic E-state index is 0.219. The average Bonchev–Trinajstić information content (AvgIpc) is 3.00. The first-order valence-corrected chi connectivity index (χ1v) is 7.85. The number of thiophene rings is 1. The lowest BCUT2D eigenvalue weighted by molar-refractivity contribution is 0.135. The van der Waals surface area contributed by atoms with Crippen LogP contribution in [0.5, 0.6) is 0 Å². The van der Waals surface area contributed by atoms with E-state index in [-0.39, 0.29) is 5.41 Å². The Morgan fingerprint density at radius 3 is 2.68 bits per heavy atom. The molecule has 0 radical (unpaired) electrons. The topological polar surface area (TPSA) is 38.5 Å². The molecule has 19 heavy (non-hydrogen) atoms. The van der Waals surface area contributed by atoms with E-state index in [2.05, 4.69) is 44.9 Å². The number of nitrogens with zero attached hydrogens (tertiary/aromatic N) is 1. The number of nitrogens with two attached hydrogens (primary N) is 1. The second-order valence-electron chi connectivity index (χ2n) is 6.39. The number of likely N-dealkylation sites (N-methyl/N-ethyl adjacent to an activating group) is 1. The largest absolute Gasteiger partial charge is 0.380 e. The third kappa shape index (κ3) is 3.37. The maximum atomic E-state index is 6.02. The maximum Gasteiger partial charge on any atom is 0.0622 e. The van der Waals surface area contributed by atoms with Crippen LogP contribution in [-0.4, -0.2) is 37.7 Å². The zero-order valence-corrected chi connectivity index (χ0v) is 13.3. The van der Waals surface area contributed by atoms with Crippen LogP contribution in [0.15, 0.2) is 12.1 Å². The molecule has 2 unspecified atom stereocenters. The van der Waals surface area contributed by atoms with Crippen LogP contribution >= 0.6 is 11.3 Å². The first kappa shape index (κ1) is 15.0. The molecule has 1 aliphatic heterocycles. The van der Waals surface area contributed by atoms with Crippen LogP contribution < -0.4 is 5.73 Å². The predicted octanol–water partition coefficient (Wildman–Crippen LogP) is 2.77. The highest BCUT2D eigenvalue weighted by Crippen LogP contribution is 2.34. The summed E-state index contributed by atoms with van der Waals surface area (Å²) in [5, 5.41) is 0.